The molecule has 9 heteroatoms. The molecule has 1 aromatic heterocycles. The highest BCUT2D eigenvalue weighted by molar-refractivity contribution is 9.10. The van der Waals surface area contributed by atoms with E-state index in [1.165, 1.54) is 24.3 Å². The van der Waals surface area contributed by atoms with Crippen LogP contribution in [0.5, 0.6) is 5.75 Å². The molecule has 27 heavy (non-hydrogen) atoms. The lowest BCUT2D eigenvalue weighted by Crippen LogP contribution is -2.17. The molecule has 0 saturated heterocycles. The number of amidine groups is 1. The van der Waals surface area contributed by atoms with Crippen LogP contribution in [-0.2, 0) is 0 Å². The summed E-state index contributed by atoms with van der Waals surface area (Å²) in [4.78, 5) is 4.25. The zero-order valence-corrected chi connectivity index (χ0v) is 15.6. The molecule has 2 aromatic carbocycles. The van der Waals surface area contributed by atoms with Crippen molar-refractivity contribution in [2.45, 2.75) is 13.3 Å². The minimum Gasteiger partial charge on any atom is -0.406 e. The van der Waals surface area contributed by atoms with Crippen molar-refractivity contribution in [2.75, 3.05) is 0 Å². The fourth-order valence-electron chi connectivity index (χ4n) is 2.36. The van der Waals surface area contributed by atoms with Gasteiger partial charge < -0.3 is 10.5 Å². The van der Waals surface area contributed by atoms with Crippen molar-refractivity contribution >= 4 is 27.5 Å². The molecule has 0 aliphatic carbocycles. The van der Waals surface area contributed by atoms with Crippen LogP contribution >= 0.6 is 15.9 Å². The topological polar surface area (TPSA) is 65.4 Å². The minimum absolute atomic E-state index is 0.209. The van der Waals surface area contributed by atoms with E-state index in [2.05, 4.69) is 30.8 Å². The number of aromatic nitrogens is 2. The van der Waals surface area contributed by atoms with E-state index in [4.69, 9.17) is 5.73 Å². The predicted octanol–water partition coefficient (Wildman–Crippen LogP) is 4.88. The van der Waals surface area contributed by atoms with Crippen molar-refractivity contribution < 1.29 is 17.9 Å². The molecule has 0 aliphatic rings. The first-order chi connectivity index (χ1) is 12.7. The van der Waals surface area contributed by atoms with Crippen molar-refractivity contribution in [3.05, 3.63) is 70.5 Å². The number of nitrogens with two attached hydrogens (primary N) is 1. The molecule has 0 aliphatic heterocycles. The lowest BCUT2D eigenvalue weighted by atomic mass is 10.2. The number of aryl methyl sites for hydroxylation is 1. The Balaban J connectivity index is 1.83. The Kier molecular flexibility index (Phi) is 5.22. The van der Waals surface area contributed by atoms with Gasteiger partial charge in [-0.15, -0.1) is 13.2 Å². The van der Waals surface area contributed by atoms with Gasteiger partial charge in [0, 0.05) is 10.7 Å². The first-order valence-electron chi connectivity index (χ1n) is 7.74. The Morgan fingerprint density at radius 1 is 1.11 bits per heavy atom. The molecule has 3 aromatic rings. The van der Waals surface area contributed by atoms with E-state index >= 15 is 0 Å². The van der Waals surface area contributed by atoms with Gasteiger partial charge in [-0.2, -0.15) is 5.10 Å². The van der Waals surface area contributed by atoms with E-state index in [1.54, 1.807) is 17.8 Å². The van der Waals surface area contributed by atoms with Crippen molar-refractivity contribution in [3.63, 3.8) is 0 Å². The zero-order chi connectivity index (χ0) is 19.6. The van der Waals surface area contributed by atoms with Crippen LogP contribution in [0.25, 0.3) is 5.69 Å². The summed E-state index contributed by atoms with van der Waals surface area (Å²) in [5.41, 5.74) is 8.63. The summed E-state index contributed by atoms with van der Waals surface area (Å²) in [5, 5.41) is 4.42. The van der Waals surface area contributed by atoms with Crippen LogP contribution in [0.2, 0.25) is 0 Å². The van der Waals surface area contributed by atoms with Gasteiger partial charge in [0.15, 0.2) is 0 Å². The number of rotatable bonds is 4. The molecule has 0 saturated carbocycles. The molecule has 0 spiro atoms. The first kappa shape index (κ1) is 19.0. The molecular formula is C18H14BrF3N4O. The van der Waals surface area contributed by atoms with E-state index in [-0.39, 0.29) is 11.6 Å². The van der Waals surface area contributed by atoms with Gasteiger partial charge in [0.25, 0.3) is 0 Å². The number of alkyl halides is 3. The molecule has 0 atom stereocenters. The van der Waals surface area contributed by atoms with Crippen molar-refractivity contribution in [3.8, 4) is 11.4 Å². The highest BCUT2D eigenvalue weighted by Crippen LogP contribution is 2.25. The maximum atomic E-state index is 12.2. The Bertz CT molecular complexity index is 964. The summed E-state index contributed by atoms with van der Waals surface area (Å²) in [7, 11) is 0. The predicted molar refractivity (Wildman–Crippen MR) is 99.5 cm³/mol. The van der Waals surface area contributed by atoms with Gasteiger partial charge in [0.2, 0.25) is 0 Å². The molecule has 0 bridgehead atoms. The largest absolute Gasteiger partial charge is 0.573 e. The van der Waals surface area contributed by atoms with Crippen LogP contribution in [0, 0.1) is 6.92 Å². The third-order valence-electron chi connectivity index (χ3n) is 3.59. The van der Waals surface area contributed by atoms with Crippen LogP contribution in [0.15, 0.2) is 64.2 Å². The molecule has 3 rings (SSSR count). The monoisotopic (exact) mass is 438 g/mol. The van der Waals surface area contributed by atoms with Crippen LogP contribution < -0.4 is 10.5 Å². The van der Waals surface area contributed by atoms with E-state index < -0.39 is 6.36 Å². The normalized spacial score (nSPS) is 12.3. The second-order valence-corrected chi connectivity index (χ2v) is 6.50. The Morgan fingerprint density at radius 2 is 1.74 bits per heavy atom. The summed E-state index contributed by atoms with van der Waals surface area (Å²) in [6, 6.07) is 12.7. The van der Waals surface area contributed by atoms with E-state index in [1.807, 2.05) is 24.3 Å². The summed E-state index contributed by atoms with van der Waals surface area (Å²) in [5.74, 6) is -0.111. The Hall–Kier alpha value is -2.81. The smallest absolute Gasteiger partial charge is 0.406 e. The number of nitrogens with zero attached hydrogens (tertiary/aromatic N) is 3. The number of benzene rings is 2. The number of ether oxygens (including phenoxy) is 1. The number of aliphatic imine (C=N–C) groups is 1. The molecule has 0 amide bonds. The number of hydrogen-bond acceptors (Lipinski definition) is 3. The fraction of sp³-hybridized carbons (Fsp3) is 0.111. The van der Waals surface area contributed by atoms with Crippen molar-refractivity contribution in [1.82, 2.24) is 9.78 Å². The summed E-state index contributed by atoms with van der Waals surface area (Å²) in [6.45, 7) is 1.80. The maximum absolute atomic E-state index is 12.2. The molecule has 0 fully saturated rings. The van der Waals surface area contributed by atoms with Gasteiger partial charge in [-0.3, -0.25) is 0 Å². The zero-order valence-electron chi connectivity index (χ0n) is 14.0. The van der Waals surface area contributed by atoms with Crippen LogP contribution in [0.4, 0.5) is 18.9 Å². The highest BCUT2D eigenvalue weighted by Gasteiger charge is 2.30. The lowest BCUT2D eigenvalue weighted by molar-refractivity contribution is -0.274. The summed E-state index contributed by atoms with van der Waals surface area (Å²) >= 11 is 3.38. The molecule has 5 nitrogen and oxygen atoms in total. The van der Waals surface area contributed by atoms with E-state index in [0.717, 1.165) is 10.2 Å². The fourth-order valence-corrected chi connectivity index (χ4v) is 2.62. The van der Waals surface area contributed by atoms with Gasteiger partial charge >= 0.3 is 6.36 Å². The van der Waals surface area contributed by atoms with Crippen LogP contribution in [-0.4, -0.2) is 22.0 Å². The van der Waals surface area contributed by atoms with Gasteiger partial charge in [-0.25, -0.2) is 9.67 Å². The maximum Gasteiger partial charge on any atom is 0.573 e. The summed E-state index contributed by atoms with van der Waals surface area (Å²) < 4.78 is 43.1. The van der Waals surface area contributed by atoms with Crippen LogP contribution in [0.1, 0.15) is 11.3 Å². The molecular weight excluding hydrogens is 425 g/mol. The molecule has 0 radical (unpaired) electrons. The van der Waals surface area contributed by atoms with E-state index in [9.17, 15) is 13.2 Å². The van der Waals surface area contributed by atoms with Gasteiger partial charge in [0.05, 0.1) is 22.6 Å². The SMILES string of the molecule is Cc1nn(-c2ccc(Br)cc2)cc1C(N)=Nc1ccc(OC(F)(F)F)cc1. The average Bonchev–Trinajstić information content (AvgIpc) is 2.98. The first-order valence-corrected chi connectivity index (χ1v) is 8.53. The van der Waals surface area contributed by atoms with Crippen molar-refractivity contribution in [1.29, 1.82) is 0 Å². The average molecular weight is 439 g/mol. The Labute approximate surface area is 161 Å². The van der Waals surface area contributed by atoms with Gasteiger partial charge in [0.1, 0.15) is 11.6 Å². The van der Waals surface area contributed by atoms with Gasteiger partial charge in [-0.1, -0.05) is 15.9 Å². The third kappa shape index (κ3) is 4.88. The molecule has 0 unspecified atom stereocenters. The standard InChI is InChI=1S/C18H14BrF3N4O/c1-11-16(10-26(25-11)14-6-2-12(19)3-7-14)17(23)24-13-4-8-15(9-5-13)27-18(20,21)22/h2-10H,1H3,(H2,23,24). The van der Waals surface area contributed by atoms with Crippen molar-refractivity contribution in [2.24, 2.45) is 10.7 Å². The number of hydrogen-bond donors (Lipinski definition) is 1. The molecule has 1 heterocycles. The Morgan fingerprint density at radius 3 is 2.33 bits per heavy atom. The minimum atomic E-state index is -4.73. The third-order valence-corrected chi connectivity index (χ3v) is 4.11. The van der Waals surface area contributed by atoms with E-state index in [0.29, 0.717) is 16.9 Å². The number of halogens is 4. The second-order valence-electron chi connectivity index (χ2n) is 5.59. The van der Waals surface area contributed by atoms with Crippen LogP contribution in [0.3, 0.4) is 0 Å². The lowest BCUT2D eigenvalue weighted by Gasteiger charge is -2.08. The highest BCUT2D eigenvalue weighted by atomic mass is 79.9. The summed E-state index contributed by atoms with van der Waals surface area (Å²) in [6.07, 6.45) is -2.99. The quantitative estimate of drug-likeness (QED) is 0.466. The second kappa shape index (κ2) is 7.43. The molecule has 140 valence electrons. The molecule has 2 N–H and O–H groups in total. The van der Waals surface area contributed by atoms with Gasteiger partial charge in [-0.05, 0) is 55.5 Å².